The third-order valence-electron chi connectivity index (χ3n) is 6.45. The van der Waals surface area contributed by atoms with Crippen molar-refractivity contribution in [2.75, 3.05) is 11.1 Å². The zero-order valence-electron chi connectivity index (χ0n) is 21.5. The second-order valence-electron chi connectivity index (χ2n) is 8.69. The molecule has 0 bridgehead atoms. The zero-order valence-corrected chi connectivity index (χ0v) is 22.2. The normalized spacial score (nSPS) is 14.2. The highest BCUT2D eigenvalue weighted by atomic mass is 35.5. The highest BCUT2D eigenvalue weighted by molar-refractivity contribution is 6.36. The summed E-state index contributed by atoms with van der Waals surface area (Å²) < 4.78 is 1.77. The number of hydrogen-bond acceptors (Lipinski definition) is 7. The van der Waals surface area contributed by atoms with Crippen LogP contribution in [0.15, 0.2) is 83.9 Å². The number of aromatic nitrogens is 3. The SMILES string of the molecule is C=C/C(=C\C(=C/C)NC(=C1CCC1)/C(C=N)=C/C)n1nc(Nc2ccc(N)c(C=N)c2Cl)c2ncccc21. The van der Waals surface area contributed by atoms with Crippen molar-refractivity contribution in [3.05, 3.63) is 94.5 Å². The van der Waals surface area contributed by atoms with E-state index in [4.69, 9.17) is 33.3 Å². The first-order valence-electron chi connectivity index (χ1n) is 12.3. The van der Waals surface area contributed by atoms with E-state index in [2.05, 4.69) is 22.2 Å². The van der Waals surface area contributed by atoms with Crippen molar-refractivity contribution < 1.29 is 0 Å². The van der Waals surface area contributed by atoms with Gasteiger partial charge in [0.15, 0.2) is 5.82 Å². The highest BCUT2D eigenvalue weighted by Gasteiger charge is 2.19. The largest absolute Gasteiger partial charge is 0.398 e. The van der Waals surface area contributed by atoms with Gasteiger partial charge >= 0.3 is 0 Å². The Bertz CT molecular complexity index is 1530. The number of allylic oxidation sites excluding steroid dienone is 7. The molecule has 1 aliphatic carbocycles. The zero-order chi connectivity index (χ0) is 27.2. The maximum atomic E-state index is 7.86. The Kier molecular flexibility index (Phi) is 8.23. The topological polar surface area (TPSA) is 128 Å². The van der Waals surface area contributed by atoms with E-state index in [9.17, 15) is 0 Å². The molecule has 0 spiro atoms. The summed E-state index contributed by atoms with van der Waals surface area (Å²) in [5, 5.41) is 27.4. The average Bonchev–Trinajstić information content (AvgIpc) is 3.26. The van der Waals surface area contributed by atoms with Crippen molar-refractivity contribution in [2.24, 2.45) is 0 Å². The van der Waals surface area contributed by atoms with Crippen LogP contribution in [0.3, 0.4) is 0 Å². The summed E-state index contributed by atoms with van der Waals surface area (Å²) in [7, 11) is 0. The lowest BCUT2D eigenvalue weighted by Crippen LogP contribution is -2.19. The van der Waals surface area contributed by atoms with Crippen molar-refractivity contribution in [1.29, 1.82) is 10.8 Å². The first-order chi connectivity index (χ1) is 18.4. The van der Waals surface area contributed by atoms with Crippen LogP contribution in [0.2, 0.25) is 5.02 Å². The summed E-state index contributed by atoms with van der Waals surface area (Å²) >= 11 is 6.52. The third kappa shape index (κ3) is 5.17. The van der Waals surface area contributed by atoms with Crippen LogP contribution in [-0.2, 0) is 0 Å². The van der Waals surface area contributed by atoms with Gasteiger partial charge in [-0.1, -0.05) is 30.3 Å². The van der Waals surface area contributed by atoms with E-state index >= 15 is 0 Å². The van der Waals surface area contributed by atoms with Gasteiger partial charge in [0.25, 0.3) is 0 Å². The Balaban J connectivity index is 1.75. The minimum atomic E-state index is 0.334. The van der Waals surface area contributed by atoms with Crippen molar-refractivity contribution in [3.63, 3.8) is 0 Å². The van der Waals surface area contributed by atoms with Gasteiger partial charge in [-0.15, -0.1) is 5.10 Å². The number of nitrogen functional groups attached to an aromatic ring is 1. The van der Waals surface area contributed by atoms with Gasteiger partial charge in [0, 0.05) is 46.8 Å². The van der Waals surface area contributed by atoms with Gasteiger partial charge < -0.3 is 27.2 Å². The molecule has 1 aromatic carbocycles. The van der Waals surface area contributed by atoms with Gasteiger partial charge in [0.2, 0.25) is 0 Å². The van der Waals surface area contributed by atoms with E-state index in [0.717, 1.165) is 53.7 Å². The Hall–Kier alpha value is -4.43. The number of rotatable bonds is 10. The minimum absolute atomic E-state index is 0.334. The smallest absolute Gasteiger partial charge is 0.179 e. The van der Waals surface area contributed by atoms with Crippen molar-refractivity contribution in [3.8, 4) is 0 Å². The number of fused-ring (bicyclic) bond motifs is 1. The molecule has 0 amide bonds. The molecule has 8 nitrogen and oxygen atoms in total. The molecule has 0 atom stereocenters. The van der Waals surface area contributed by atoms with E-state index in [0.29, 0.717) is 33.3 Å². The van der Waals surface area contributed by atoms with Gasteiger partial charge in [-0.3, -0.25) is 4.98 Å². The Morgan fingerprint density at radius 1 is 1.18 bits per heavy atom. The molecule has 2 aromatic heterocycles. The molecule has 1 aliphatic rings. The predicted molar refractivity (Wildman–Crippen MR) is 159 cm³/mol. The number of halogens is 1. The van der Waals surface area contributed by atoms with E-state index < -0.39 is 0 Å². The summed E-state index contributed by atoms with van der Waals surface area (Å²) in [5.41, 5.74) is 13.6. The van der Waals surface area contributed by atoms with Gasteiger partial charge in [-0.2, -0.15) is 0 Å². The molecule has 0 unspecified atom stereocenters. The standard InChI is InChI=1S/C29H31ClN8/c1-4-18(16-31)27(19-9-7-10-19)35-20(5-2)15-21(6-3)38-25-11-8-14-34-28(25)29(37-38)36-24-13-12-23(33)22(17-32)26(24)30/h4-6,8,11-17,31-32,35H,3,7,9-10,33H2,1-2H3,(H,36,37)/b18-4+,20-5+,21-15+,31-16?,32-17?. The summed E-state index contributed by atoms with van der Waals surface area (Å²) in [6.07, 6.45) is 15.1. The molecule has 0 aliphatic heterocycles. The monoisotopic (exact) mass is 526 g/mol. The minimum Gasteiger partial charge on any atom is -0.398 e. The van der Waals surface area contributed by atoms with Crippen LogP contribution in [-0.4, -0.2) is 27.2 Å². The first-order valence-corrected chi connectivity index (χ1v) is 12.7. The van der Waals surface area contributed by atoms with Gasteiger partial charge in [0.1, 0.15) is 5.52 Å². The Morgan fingerprint density at radius 2 is 1.97 bits per heavy atom. The van der Waals surface area contributed by atoms with Crippen LogP contribution >= 0.6 is 11.6 Å². The molecule has 194 valence electrons. The fraction of sp³-hybridized carbons (Fsp3) is 0.172. The Labute approximate surface area is 227 Å². The van der Waals surface area contributed by atoms with Crippen LogP contribution in [0.1, 0.15) is 38.7 Å². The summed E-state index contributed by atoms with van der Waals surface area (Å²) in [6, 6.07) is 7.23. The number of pyridine rings is 1. The van der Waals surface area contributed by atoms with Crippen LogP contribution in [0.4, 0.5) is 17.2 Å². The van der Waals surface area contributed by atoms with E-state index in [1.54, 1.807) is 29.1 Å². The lowest BCUT2D eigenvalue weighted by molar-refractivity contribution is 0.643. The quantitative estimate of drug-likeness (QED) is 0.111. The number of nitrogens with zero attached hydrogens (tertiary/aromatic N) is 3. The average molecular weight is 527 g/mol. The van der Waals surface area contributed by atoms with Gasteiger partial charge in [-0.25, -0.2) is 4.68 Å². The maximum absolute atomic E-state index is 7.86. The molecule has 1 saturated carbocycles. The highest BCUT2D eigenvalue weighted by Crippen LogP contribution is 2.34. The number of hydrogen-bond donors (Lipinski definition) is 5. The molecule has 0 radical (unpaired) electrons. The van der Waals surface area contributed by atoms with Crippen LogP contribution in [0, 0.1) is 10.8 Å². The molecular weight excluding hydrogens is 496 g/mol. The molecule has 0 saturated heterocycles. The molecular formula is C29H31ClN8. The fourth-order valence-electron chi connectivity index (χ4n) is 4.18. The van der Waals surface area contributed by atoms with Gasteiger partial charge in [-0.05, 0) is 75.1 Å². The van der Waals surface area contributed by atoms with Crippen molar-refractivity contribution in [1.82, 2.24) is 20.1 Å². The number of nitrogens with one attached hydrogen (secondary N) is 4. The molecule has 4 rings (SSSR count). The maximum Gasteiger partial charge on any atom is 0.179 e. The molecule has 9 heteroatoms. The van der Waals surface area contributed by atoms with Crippen LogP contribution in [0.25, 0.3) is 16.7 Å². The van der Waals surface area contributed by atoms with Crippen LogP contribution in [0.5, 0.6) is 0 Å². The second-order valence-corrected chi connectivity index (χ2v) is 9.07. The van der Waals surface area contributed by atoms with E-state index in [1.807, 2.05) is 44.2 Å². The third-order valence-corrected chi connectivity index (χ3v) is 6.86. The van der Waals surface area contributed by atoms with Crippen molar-refractivity contribution >= 4 is 58.0 Å². The fourth-order valence-corrected chi connectivity index (χ4v) is 4.45. The van der Waals surface area contributed by atoms with Gasteiger partial charge in [0.05, 0.1) is 21.9 Å². The van der Waals surface area contributed by atoms with E-state index in [-0.39, 0.29) is 0 Å². The molecule has 3 aromatic rings. The summed E-state index contributed by atoms with van der Waals surface area (Å²) in [6.45, 7) is 7.94. The number of benzene rings is 1. The molecule has 1 fully saturated rings. The van der Waals surface area contributed by atoms with Crippen LogP contribution < -0.4 is 16.4 Å². The lowest BCUT2D eigenvalue weighted by Gasteiger charge is -2.24. The molecule has 38 heavy (non-hydrogen) atoms. The first kappa shape index (κ1) is 26.6. The van der Waals surface area contributed by atoms with Crippen molar-refractivity contribution in [2.45, 2.75) is 33.1 Å². The predicted octanol–water partition coefficient (Wildman–Crippen LogP) is 6.96. The second kappa shape index (κ2) is 11.7. The summed E-state index contributed by atoms with van der Waals surface area (Å²) in [5.74, 6) is 0.503. The lowest BCUT2D eigenvalue weighted by atomic mass is 9.88. The molecule has 2 heterocycles. The Morgan fingerprint density at radius 3 is 2.58 bits per heavy atom. The summed E-state index contributed by atoms with van der Waals surface area (Å²) in [4.78, 5) is 4.55. The van der Waals surface area contributed by atoms with E-state index in [1.165, 1.54) is 11.8 Å². The molecule has 6 N–H and O–H groups in total. The number of nitrogens with two attached hydrogens (primary N) is 1. The number of anilines is 3.